The summed E-state index contributed by atoms with van der Waals surface area (Å²) < 4.78 is 38.7. The van der Waals surface area contributed by atoms with Gasteiger partial charge in [0, 0.05) is 5.56 Å². The van der Waals surface area contributed by atoms with E-state index in [4.69, 9.17) is 0 Å². The number of hydrogen-bond acceptors (Lipinski definition) is 2. The Hall–Kier alpha value is -2.14. The number of ketones is 1. The van der Waals surface area contributed by atoms with Crippen LogP contribution < -0.4 is 0 Å². The van der Waals surface area contributed by atoms with Gasteiger partial charge in [-0.1, -0.05) is 48.5 Å². The predicted octanol–water partition coefficient (Wildman–Crippen LogP) is 3.88. The second-order valence-electron chi connectivity index (χ2n) is 4.95. The summed E-state index contributed by atoms with van der Waals surface area (Å²) >= 11 is 0. The molecule has 0 heterocycles. The summed E-state index contributed by atoms with van der Waals surface area (Å²) in [7, 11) is 0. The Balaban J connectivity index is 2.11. The Morgan fingerprint density at radius 2 is 1.59 bits per heavy atom. The predicted molar refractivity (Wildman–Crippen MR) is 76.5 cm³/mol. The standard InChI is InChI=1S/C17H15F3O2/c18-17(19,20)14-9-5-4-8-13(14)16(22)15(21)11-10-12-6-2-1-3-7-12/h1-9,15,21H,10-11H2. The highest BCUT2D eigenvalue weighted by atomic mass is 19.4. The van der Waals surface area contributed by atoms with Gasteiger partial charge >= 0.3 is 6.18 Å². The zero-order chi connectivity index (χ0) is 16.2. The van der Waals surface area contributed by atoms with Crippen molar-refractivity contribution in [3.8, 4) is 0 Å². The van der Waals surface area contributed by atoms with E-state index in [1.54, 1.807) is 0 Å². The number of Topliss-reactive ketones (excluding diaryl/α,β-unsaturated/α-hetero) is 1. The Morgan fingerprint density at radius 3 is 2.23 bits per heavy atom. The minimum absolute atomic E-state index is 0.0784. The highest BCUT2D eigenvalue weighted by Crippen LogP contribution is 2.32. The lowest BCUT2D eigenvalue weighted by molar-refractivity contribution is -0.138. The molecule has 0 radical (unpaired) electrons. The smallest absolute Gasteiger partial charge is 0.385 e. The van der Waals surface area contributed by atoms with Crippen LogP contribution in [0.4, 0.5) is 13.2 Å². The Labute approximate surface area is 126 Å². The number of rotatable bonds is 5. The third kappa shape index (κ3) is 3.95. The number of aryl methyl sites for hydroxylation is 1. The summed E-state index contributed by atoms with van der Waals surface area (Å²) in [4.78, 5) is 12.1. The fourth-order valence-corrected chi connectivity index (χ4v) is 2.20. The summed E-state index contributed by atoms with van der Waals surface area (Å²) in [6.07, 6.45) is -5.58. The first-order valence-electron chi connectivity index (χ1n) is 6.82. The highest BCUT2D eigenvalue weighted by Gasteiger charge is 2.35. The minimum Gasteiger partial charge on any atom is -0.385 e. The number of benzene rings is 2. The molecule has 5 heteroatoms. The zero-order valence-electron chi connectivity index (χ0n) is 11.7. The van der Waals surface area contributed by atoms with E-state index in [0.29, 0.717) is 6.42 Å². The van der Waals surface area contributed by atoms with Crippen LogP contribution >= 0.6 is 0 Å². The minimum atomic E-state index is -4.62. The van der Waals surface area contributed by atoms with E-state index in [2.05, 4.69) is 0 Å². The number of hydrogen-bond donors (Lipinski definition) is 1. The van der Waals surface area contributed by atoms with Crippen molar-refractivity contribution in [1.82, 2.24) is 0 Å². The third-order valence-corrected chi connectivity index (χ3v) is 3.35. The molecule has 0 fully saturated rings. The molecule has 0 spiro atoms. The monoisotopic (exact) mass is 308 g/mol. The molecule has 22 heavy (non-hydrogen) atoms. The second kappa shape index (κ2) is 6.75. The van der Waals surface area contributed by atoms with Crippen molar-refractivity contribution in [2.45, 2.75) is 25.1 Å². The quantitative estimate of drug-likeness (QED) is 0.851. The average Bonchev–Trinajstić information content (AvgIpc) is 2.52. The van der Waals surface area contributed by atoms with E-state index in [9.17, 15) is 23.1 Å². The summed E-state index contributed by atoms with van der Waals surface area (Å²) in [5.41, 5.74) is -0.590. The maximum Gasteiger partial charge on any atom is 0.417 e. The second-order valence-corrected chi connectivity index (χ2v) is 4.95. The van der Waals surface area contributed by atoms with E-state index in [0.717, 1.165) is 17.7 Å². The largest absolute Gasteiger partial charge is 0.417 e. The van der Waals surface area contributed by atoms with Gasteiger partial charge in [0.15, 0.2) is 5.78 Å². The number of halogens is 3. The summed E-state index contributed by atoms with van der Waals surface area (Å²) in [5, 5.41) is 9.91. The molecular formula is C17H15F3O2. The van der Waals surface area contributed by atoms with Crippen molar-refractivity contribution < 1.29 is 23.1 Å². The maximum atomic E-state index is 12.9. The van der Waals surface area contributed by atoms with Crippen LogP contribution in [0.2, 0.25) is 0 Å². The van der Waals surface area contributed by atoms with Gasteiger partial charge < -0.3 is 5.11 Å². The van der Waals surface area contributed by atoms with Crippen molar-refractivity contribution in [2.75, 3.05) is 0 Å². The fourth-order valence-electron chi connectivity index (χ4n) is 2.20. The third-order valence-electron chi connectivity index (χ3n) is 3.35. The lowest BCUT2D eigenvalue weighted by atomic mass is 9.96. The molecule has 0 saturated carbocycles. The lowest BCUT2D eigenvalue weighted by Gasteiger charge is -2.15. The Morgan fingerprint density at radius 1 is 1.00 bits per heavy atom. The SMILES string of the molecule is O=C(c1ccccc1C(F)(F)F)C(O)CCc1ccccc1. The van der Waals surface area contributed by atoms with Crippen LogP contribution in [0.5, 0.6) is 0 Å². The van der Waals surface area contributed by atoms with Gasteiger partial charge in [-0.15, -0.1) is 0 Å². The average molecular weight is 308 g/mol. The molecular weight excluding hydrogens is 293 g/mol. The van der Waals surface area contributed by atoms with Crippen LogP contribution in [-0.2, 0) is 12.6 Å². The molecule has 0 amide bonds. The number of aliphatic hydroxyl groups is 1. The van der Waals surface area contributed by atoms with Gasteiger partial charge in [0.25, 0.3) is 0 Å². The van der Waals surface area contributed by atoms with Gasteiger partial charge in [-0.2, -0.15) is 13.2 Å². The van der Waals surface area contributed by atoms with E-state index < -0.39 is 29.2 Å². The molecule has 2 rings (SSSR count). The van der Waals surface area contributed by atoms with Crippen molar-refractivity contribution in [2.24, 2.45) is 0 Å². The summed E-state index contributed by atoms with van der Waals surface area (Å²) in [6.45, 7) is 0. The molecule has 116 valence electrons. The summed E-state index contributed by atoms with van der Waals surface area (Å²) in [6, 6.07) is 13.7. The van der Waals surface area contributed by atoms with E-state index in [1.807, 2.05) is 30.3 Å². The number of carbonyl (C=O) groups is 1. The molecule has 0 aliphatic carbocycles. The van der Waals surface area contributed by atoms with Gasteiger partial charge in [0.1, 0.15) is 6.10 Å². The summed E-state index contributed by atoms with van der Waals surface area (Å²) in [5.74, 6) is -0.899. The fraction of sp³-hybridized carbons (Fsp3) is 0.235. The highest BCUT2D eigenvalue weighted by molar-refractivity contribution is 6.00. The zero-order valence-corrected chi connectivity index (χ0v) is 11.7. The first-order valence-corrected chi connectivity index (χ1v) is 6.82. The Bertz CT molecular complexity index is 636. The van der Waals surface area contributed by atoms with Crippen LogP contribution in [0.25, 0.3) is 0 Å². The first-order chi connectivity index (χ1) is 10.4. The molecule has 2 aromatic carbocycles. The van der Waals surface area contributed by atoms with E-state index in [-0.39, 0.29) is 6.42 Å². The lowest BCUT2D eigenvalue weighted by Crippen LogP contribution is -2.24. The molecule has 0 aromatic heterocycles. The van der Waals surface area contributed by atoms with Crippen LogP contribution in [-0.4, -0.2) is 17.0 Å². The van der Waals surface area contributed by atoms with Crippen LogP contribution in [0.1, 0.15) is 27.9 Å². The molecule has 2 aromatic rings. The van der Waals surface area contributed by atoms with Crippen molar-refractivity contribution >= 4 is 5.78 Å². The van der Waals surface area contributed by atoms with Gasteiger partial charge in [-0.3, -0.25) is 4.79 Å². The first kappa shape index (κ1) is 16.2. The van der Waals surface area contributed by atoms with E-state index >= 15 is 0 Å². The van der Waals surface area contributed by atoms with Crippen LogP contribution in [0, 0.1) is 0 Å². The topological polar surface area (TPSA) is 37.3 Å². The van der Waals surface area contributed by atoms with Crippen molar-refractivity contribution in [3.05, 3.63) is 71.3 Å². The van der Waals surface area contributed by atoms with E-state index in [1.165, 1.54) is 12.1 Å². The van der Waals surface area contributed by atoms with Crippen LogP contribution in [0.15, 0.2) is 54.6 Å². The van der Waals surface area contributed by atoms with Gasteiger partial charge in [-0.25, -0.2) is 0 Å². The number of carbonyl (C=O) groups excluding carboxylic acids is 1. The van der Waals surface area contributed by atoms with Gasteiger partial charge in [0.05, 0.1) is 5.56 Å². The Kier molecular flexibility index (Phi) is 4.98. The normalized spacial score (nSPS) is 12.9. The molecule has 1 unspecified atom stereocenters. The molecule has 0 saturated heterocycles. The van der Waals surface area contributed by atoms with Crippen molar-refractivity contribution in [3.63, 3.8) is 0 Å². The molecule has 2 nitrogen and oxygen atoms in total. The van der Waals surface area contributed by atoms with Gasteiger partial charge in [-0.05, 0) is 24.5 Å². The van der Waals surface area contributed by atoms with Crippen LogP contribution in [0.3, 0.4) is 0 Å². The molecule has 1 atom stereocenters. The molecule has 0 aliphatic rings. The molecule has 0 bridgehead atoms. The molecule has 0 aliphatic heterocycles. The van der Waals surface area contributed by atoms with Gasteiger partial charge in [0.2, 0.25) is 0 Å². The molecule has 1 N–H and O–H groups in total. The number of aliphatic hydroxyl groups excluding tert-OH is 1. The van der Waals surface area contributed by atoms with Crippen molar-refractivity contribution in [1.29, 1.82) is 0 Å². The number of alkyl halides is 3. The maximum absolute atomic E-state index is 12.9.